The Kier molecular flexibility index (Phi) is 5.69. The second-order valence-corrected chi connectivity index (χ2v) is 10.3. The standard InChI is InChI=1S/C23H35ClN2O2/c1-22(2)17-7-8-23(22,3)21(13-17)28-16-20(27)15-25-9-11-26(12-10-25)19-6-4-5-18(24)14-19/h4-6,14,17,20-21,27H,7-13,15-16H2,1-3H3/t17-,20+,21+,23+/m0/s1. The van der Waals surface area contributed by atoms with E-state index in [-0.39, 0.29) is 5.41 Å². The Morgan fingerprint density at radius 3 is 2.57 bits per heavy atom. The molecular formula is C23H35ClN2O2. The molecule has 156 valence electrons. The number of ether oxygens (including phenoxy) is 1. The Bertz CT molecular complexity index is 689. The highest BCUT2D eigenvalue weighted by atomic mass is 35.5. The van der Waals surface area contributed by atoms with Gasteiger partial charge in [-0.05, 0) is 54.2 Å². The highest BCUT2D eigenvalue weighted by Gasteiger charge is 2.61. The molecule has 4 rings (SSSR count). The maximum absolute atomic E-state index is 10.6. The number of fused-ring (bicyclic) bond motifs is 2. The van der Waals surface area contributed by atoms with E-state index in [0.29, 0.717) is 24.7 Å². The fraction of sp³-hybridized carbons (Fsp3) is 0.739. The molecule has 2 bridgehead atoms. The van der Waals surface area contributed by atoms with Crippen LogP contribution in [0, 0.1) is 16.7 Å². The number of benzene rings is 1. The summed E-state index contributed by atoms with van der Waals surface area (Å²) in [6, 6.07) is 8.05. The summed E-state index contributed by atoms with van der Waals surface area (Å²) in [6.45, 7) is 12.2. The summed E-state index contributed by atoms with van der Waals surface area (Å²) >= 11 is 6.12. The van der Waals surface area contributed by atoms with Gasteiger partial charge in [-0.15, -0.1) is 0 Å². The third kappa shape index (κ3) is 3.69. The van der Waals surface area contributed by atoms with Crippen molar-refractivity contribution < 1.29 is 9.84 Å². The first kappa shape index (κ1) is 20.5. The zero-order valence-corrected chi connectivity index (χ0v) is 18.3. The molecule has 3 aliphatic rings. The number of nitrogens with zero attached hydrogens (tertiary/aromatic N) is 2. The van der Waals surface area contributed by atoms with Crippen LogP contribution in [-0.2, 0) is 4.74 Å². The molecule has 0 unspecified atom stereocenters. The lowest BCUT2D eigenvalue weighted by atomic mass is 9.70. The van der Waals surface area contributed by atoms with E-state index in [1.54, 1.807) is 0 Å². The summed E-state index contributed by atoms with van der Waals surface area (Å²) in [4.78, 5) is 4.71. The molecule has 1 saturated heterocycles. The molecule has 0 radical (unpaired) electrons. The van der Waals surface area contributed by atoms with Gasteiger partial charge < -0.3 is 14.7 Å². The smallest absolute Gasteiger partial charge is 0.0900 e. The van der Waals surface area contributed by atoms with E-state index in [1.165, 1.54) is 18.5 Å². The molecule has 2 saturated carbocycles. The van der Waals surface area contributed by atoms with Crippen LogP contribution >= 0.6 is 11.6 Å². The number of hydrogen-bond donors (Lipinski definition) is 1. The van der Waals surface area contributed by atoms with E-state index in [9.17, 15) is 5.11 Å². The lowest BCUT2D eigenvalue weighted by Crippen LogP contribution is -2.49. The van der Waals surface area contributed by atoms with E-state index in [0.717, 1.165) is 43.5 Å². The van der Waals surface area contributed by atoms with Crippen molar-refractivity contribution in [2.24, 2.45) is 16.7 Å². The summed E-state index contributed by atoms with van der Waals surface area (Å²) in [5.74, 6) is 0.777. The van der Waals surface area contributed by atoms with Crippen molar-refractivity contribution in [2.45, 2.75) is 52.2 Å². The zero-order valence-electron chi connectivity index (χ0n) is 17.5. The highest BCUT2D eigenvalue weighted by molar-refractivity contribution is 6.30. The molecule has 1 aliphatic heterocycles. The molecule has 1 heterocycles. The molecular weight excluding hydrogens is 372 g/mol. The Labute approximate surface area is 174 Å². The number of rotatable bonds is 6. The molecule has 28 heavy (non-hydrogen) atoms. The van der Waals surface area contributed by atoms with Crippen molar-refractivity contribution in [3.63, 3.8) is 0 Å². The van der Waals surface area contributed by atoms with Crippen LogP contribution in [0.4, 0.5) is 5.69 Å². The second-order valence-electron chi connectivity index (χ2n) is 9.85. The molecule has 2 aliphatic carbocycles. The fourth-order valence-electron chi connectivity index (χ4n) is 5.82. The maximum Gasteiger partial charge on any atom is 0.0900 e. The van der Waals surface area contributed by atoms with Crippen molar-refractivity contribution >= 4 is 17.3 Å². The summed E-state index contributed by atoms with van der Waals surface area (Å²) in [5, 5.41) is 11.3. The SMILES string of the molecule is CC1(C)[C@H]2CC[C@]1(C)[C@H](OC[C@H](O)CN1CCN(c3cccc(Cl)c3)CC1)C2. The molecule has 5 heteroatoms. The second kappa shape index (κ2) is 7.79. The Hall–Kier alpha value is -0.810. The van der Waals surface area contributed by atoms with Crippen LogP contribution in [0.25, 0.3) is 0 Å². The molecule has 0 aromatic heterocycles. The Balaban J connectivity index is 1.22. The largest absolute Gasteiger partial charge is 0.389 e. The van der Waals surface area contributed by atoms with E-state index in [2.05, 4.69) is 36.6 Å². The van der Waals surface area contributed by atoms with Gasteiger partial charge in [-0.3, -0.25) is 4.90 Å². The van der Waals surface area contributed by atoms with Gasteiger partial charge in [-0.1, -0.05) is 38.4 Å². The van der Waals surface area contributed by atoms with Gasteiger partial charge >= 0.3 is 0 Å². The minimum absolute atomic E-state index is 0.264. The molecule has 0 amide bonds. The van der Waals surface area contributed by atoms with Gasteiger partial charge in [0.05, 0.1) is 18.8 Å². The number of aliphatic hydroxyl groups is 1. The summed E-state index contributed by atoms with van der Waals surface area (Å²) < 4.78 is 6.28. The van der Waals surface area contributed by atoms with E-state index in [4.69, 9.17) is 16.3 Å². The van der Waals surface area contributed by atoms with Crippen LogP contribution in [0.3, 0.4) is 0 Å². The van der Waals surface area contributed by atoms with Gasteiger partial charge in [0.25, 0.3) is 0 Å². The molecule has 4 nitrogen and oxygen atoms in total. The summed E-state index contributed by atoms with van der Waals surface area (Å²) in [5.41, 5.74) is 1.81. The van der Waals surface area contributed by atoms with Crippen LogP contribution in [0.15, 0.2) is 24.3 Å². The number of anilines is 1. The number of hydrogen-bond acceptors (Lipinski definition) is 4. The number of halogens is 1. The van der Waals surface area contributed by atoms with Crippen LogP contribution in [-0.4, -0.2) is 61.5 Å². The molecule has 1 aromatic carbocycles. The van der Waals surface area contributed by atoms with E-state index >= 15 is 0 Å². The monoisotopic (exact) mass is 406 g/mol. The van der Waals surface area contributed by atoms with Crippen molar-refractivity contribution in [2.75, 3.05) is 44.2 Å². The van der Waals surface area contributed by atoms with Gasteiger partial charge in [0, 0.05) is 43.4 Å². The minimum Gasteiger partial charge on any atom is -0.389 e. The third-order valence-corrected chi connectivity index (χ3v) is 8.45. The normalized spacial score (nSPS) is 33.4. The minimum atomic E-state index is -0.413. The molecule has 1 aromatic rings. The highest BCUT2D eigenvalue weighted by Crippen LogP contribution is 2.66. The number of β-amino-alcohol motifs (C(OH)–C–C–N with tert-alkyl or cyclic N) is 1. The Morgan fingerprint density at radius 1 is 1.21 bits per heavy atom. The molecule has 3 fully saturated rings. The Morgan fingerprint density at radius 2 is 1.96 bits per heavy atom. The lowest BCUT2D eigenvalue weighted by Gasteiger charge is -2.39. The topological polar surface area (TPSA) is 35.9 Å². The quantitative estimate of drug-likeness (QED) is 0.772. The lowest BCUT2D eigenvalue weighted by molar-refractivity contribution is -0.0794. The first-order chi connectivity index (χ1) is 13.3. The van der Waals surface area contributed by atoms with Gasteiger partial charge in [-0.25, -0.2) is 0 Å². The molecule has 0 spiro atoms. The van der Waals surface area contributed by atoms with Crippen LogP contribution in [0.5, 0.6) is 0 Å². The first-order valence-corrected chi connectivity index (χ1v) is 11.2. The first-order valence-electron chi connectivity index (χ1n) is 10.8. The van der Waals surface area contributed by atoms with Crippen molar-refractivity contribution in [1.29, 1.82) is 0 Å². The summed E-state index contributed by atoms with van der Waals surface area (Å²) in [6.07, 6.45) is 3.65. The predicted molar refractivity (Wildman–Crippen MR) is 115 cm³/mol. The average molecular weight is 407 g/mol. The van der Waals surface area contributed by atoms with Crippen LogP contribution in [0.2, 0.25) is 5.02 Å². The van der Waals surface area contributed by atoms with Gasteiger partial charge in [-0.2, -0.15) is 0 Å². The van der Waals surface area contributed by atoms with E-state index < -0.39 is 6.10 Å². The van der Waals surface area contributed by atoms with Gasteiger partial charge in [0.2, 0.25) is 0 Å². The molecule has 1 N–H and O–H groups in total. The van der Waals surface area contributed by atoms with Crippen LogP contribution in [0.1, 0.15) is 40.0 Å². The molecule has 4 atom stereocenters. The van der Waals surface area contributed by atoms with Crippen molar-refractivity contribution in [1.82, 2.24) is 4.90 Å². The van der Waals surface area contributed by atoms with Crippen molar-refractivity contribution in [3.8, 4) is 0 Å². The third-order valence-electron chi connectivity index (χ3n) is 8.22. The average Bonchev–Trinajstić information content (AvgIpc) is 3.00. The predicted octanol–water partition coefficient (Wildman–Crippen LogP) is 4.05. The van der Waals surface area contributed by atoms with Gasteiger partial charge in [0.15, 0.2) is 0 Å². The van der Waals surface area contributed by atoms with Gasteiger partial charge in [0.1, 0.15) is 0 Å². The fourth-order valence-corrected chi connectivity index (χ4v) is 6.01. The maximum atomic E-state index is 10.6. The van der Waals surface area contributed by atoms with Crippen LogP contribution < -0.4 is 4.90 Å². The number of aliphatic hydroxyl groups excluding tert-OH is 1. The summed E-state index contributed by atoms with van der Waals surface area (Å²) in [7, 11) is 0. The van der Waals surface area contributed by atoms with Crippen molar-refractivity contribution in [3.05, 3.63) is 29.3 Å². The van der Waals surface area contributed by atoms with E-state index in [1.807, 2.05) is 18.2 Å². The number of piperazine rings is 1. The zero-order chi connectivity index (χ0) is 19.9.